The second-order valence-corrected chi connectivity index (χ2v) is 3.50. The lowest BCUT2D eigenvalue weighted by Gasteiger charge is -2.13. The third-order valence-corrected chi connectivity index (χ3v) is 2.63. The van der Waals surface area contributed by atoms with E-state index in [0.717, 1.165) is 5.56 Å². The molecule has 0 bridgehead atoms. The van der Waals surface area contributed by atoms with Gasteiger partial charge in [-0.3, -0.25) is 4.79 Å². The van der Waals surface area contributed by atoms with E-state index in [-0.39, 0.29) is 5.92 Å². The summed E-state index contributed by atoms with van der Waals surface area (Å²) >= 11 is 0. The summed E-state index contributed by atoms with van der Waals surface area (Å²) in [5.74, 6) is -1.15. The van der Waals surface area contributed by atoms with Crippen molar-refractivity contribution in [2.24, 2.45) is 5.92 Å². The van der Waals surface area contributed by atoms with Gasteiger partial charge in [-0.2, -0.15) is 0 Å². The maximum atomic E-state index is 10.9. The summed E-state index contributed by atoms with van der Waals surface area (Å²) in [6, 6.07) is 9.68. The van der Waals surface area contributed by atoms with Crippen molar-refractivity contribution in [3.05, 3.63) is 35.9 Å². The molecule has 1 saturated heterocycles. The number of aliphatic carboxylic acids is 1. The SMILES string of the molecule is O=C(O)[C@H]1COC[C@@H]1c1ccccc1. The first-order valence-corrected chi connectivity index (χ1v) is 4.64. The average Bonchev–Trinajstić information content (AvgIpc) is 2.67. The van der Waals surface area contributed by atoms with Gasteiger partial charge in [-0.1, -0.05) is 30.3 Å². The summed E-state index contributed by atoms with van der Waals surface area (Å²) < 4.78 is 5.20. The molecule has 1 aliphatic heterocycles. The number of hydrogen-bond donors (Lipinski definition) is 1. The van der Waals surface area contributed by atoms with Crippen LogP contribution < -0.4 is 0 Å². The minimum atomic E-state index is -0.767. The van der Waals surface area contributed by atoms with Crippen LogP contribution in [0.2, 0.25) is 0 Å². The van der Waals surface area contributed by atoms with Crippen LogP contribution in [0.15, 0.2) is 30.3 Å². The van der Waals surface area contributed by atoms with Crippen LogP contribution >= 0.6 is 0 Å². The standard InChI is InChI=1S/C11H12O3/c12-11(13)10-7-14-6-9(10)8-4-2-1-3-5-8/h1-5,9-10H,6-7H2,(H,12,13)/t9-,10+/m1/s1. The van der Waals surface area contributed by atoms with Gasteiger partial charge >= 0.3 is 5.97 Å². The zero-order valence-corrected chi connectivity index (χ0v) is 7.72. The molecule has 0 unspecified atom stereocenters. The molecule has 0 aromatic heterocycles. The van der Waals surface area contributed by atoms with Crippen LogP contribution in [0, 0.1) is 5.92 Å². The van der Waals surface area contributed by atoms with E-state index < -0.39 is 11.9 Å². The van der Waals surface area contributed by atoms with Crippen LogP contribution in [-0.2, 0) is 9.53 Å². The van der Waals surface area contributed by atoms with Crippen molar-refractivity contribution in [3.63, 3.8) is 0 Å². The molecule has 74 valence electrons. The van der Waals surface area contributed by atoms with Gasteiger partial charge in [-0.05, 0) is 5.56 Å². The van der Waals surface area contributed by atoms with Gasteiger partial charge < -0.3 is 9.84 Å². The molecule has 3 heteroatoms. The largest absolute Gasteiger partial charge is 0.481 e. The van der Waals surface area contributed by atoms with E-state index in [4.69, 9.17) is 9.84 Å². The molecular formula is C11H12O3. The molecule has 1 heterocycles. The lowest BCUT2D eigenvalue weighted by molar-refractivity contribution is -0.142. The molecule has 0 radical (unpaired) electrons. The fourth-order valence-electron chi connectivity index (χ4n) is 1.83. The van der Waals surface area contributed by atoms with Gasteiger partial charge in [0.2, 0.25) is 0 Å². The molecule has 0 aliphatic carbocycles. The summed E-state index contributed by atoms with van der Waals surface area (Å²) in [6.07, 6.45) is 0. The number of benzene rings is 1. The third kappa shape index (κ3) is 1.63. The Balaban J connectivity index is 2.22. The van der Waals surface area contributed by atoms with Crippen LogP contribution in [0.3, 0.4) is 0 Å². The molecule has 0 amide bonds. The Hall–Kier alpha value is -1.35. The molecule has 1 aromatic rings. The van der Waals surface area contributed by atoms with Crippen molar-refractivity contribution in [1.29, 1.82) is 0 Å². The lowest BCUT2D eigenvalue weighted by atomic mass is 9.89. The van der Waals surface area contributed by atoms with Gasteiger partial charge in [-0.15, -0.1) is 0 Å². The molecule has 2 atom stereocenters. The first kappa shape index (κ1) is 9.21. The first-order chi connectivity index (χ1) is 6.79. The zero-order chi connectivity index (χ0) is 9.97. The molecule has 1 fully saturated rings. The second kappa shape index (κ2) is 3.80. The van der Waals surface area contributed by atoms with Crippen molar-refractivity contribution < 1.29 is 14.6 Å². The molecule has 1 aliphatic rings. The summed E-state index contributed by atoms with van der Waals surface area (Å²) in [5, 5.41) is 8.96. The zero-order valence-electron chi connectivity index (χ0n) is 7.72. The molecule has 1 N–H and O–H groups in total. The fourth-order valence-corrected chi connectivity index (χ4v) is 1.83. The highest BCUT2D eigenvalue weighted by atomic mass is 16.5. The van der Waals surface area contributed by atoms with Gasteiger partial charge in [-0.25, -0.2) is 0 Å². The van der Waals surface area contributed by atoms with Crippen LogP contribution in [0.4, 0.5) is 0 Å². The summed E-state index contributed by atoms with van der Waals surface area (Å²) in [6.45, 7) is 0.843. The number of carbonyl (C=O) groups is 1. The van der Waals surface area contributed by atoms with Crippen molar-refractivity contribution in [1.82, 2.24) is 0 Å². The number of carboxylic acid groups (broad SMARTS) is 1. The van der Waals surface area contributed by atoms with Crippen molar-refractivity contribution in [2.45, 2.75) is 5.92 Å². The second-order valence-electron chi connectivity index (χ2n) is 3.50. The highest BCUT2D eigenvalue weighted by molar-refractivity contribution is 5.72. The number of rotatable bonds is 2. The smallest absolute Gasteiger partial charge is 0.309 e. The maximum Gasteiger partial charge on any atom is 0.309 e. The highest BCUT2D eigenvalue weighted by Crippen LogP contribution is 2.30. The van der Waals surface area contributed by atoms with E-state index >= 15 is 0 Å². The van der Waals surface area contributed by atoms with Gasteiger partial charge in [0.1, 0.15) is 0 Å². The van der Waals surface area contributed by atoms with E-state index in [0.29, 0.717) is 13.2 Å². The van der Waals surface area contributed by atoms with Gasteiger partial charge in [0.15, 0.2) is 0 Å². The molecular weight excluding hydrogens is 180 g/mol. The van der Waals surface area contributed by atoms with Crippen LogP contribution in [0.5, 0.6) is 0 Å². The fraction of sp³-hybridized carbons (Fsp3) is 0.364. The van der Waals surface area contributed by atoms with Crippen molar-refractivity contribution in [2.75, 3.05) is 13.2 Å². The Morgan fingerprint density at radius 2 is 2.00 bits per heavy atom. The Morgan fingerprint density at radius 1 is 1.29 bits per heavy atom. The average molecular weight is 192 g/mol. The Bertz CT molecular complexity index is 321. The Morgan fingerprint density at radius 3 is 2.64 bits per heavy atom. The summed E-state index contributed by atoms with van der Waals surface area (Å²) in [4.78, 5) is 10.9. The molecule has 0 spiro atoms. The van der Waals surface area contributed by atoms with Crippen LogP contribution in [-0.4, -0.2) is 24.3 Å². The van der Waals surface area contributed by atoms with E-state index in [2.05, 4.69) is 0 Å². The lowest BCUT2D eigenvalue weighted by Crippen LogP contribution is -2.20. The van der Waals surface area contributed by atoms with E-state index in [1.165, 1.54) is 0 Å². The Kier molecular flexibility index (Phi) is 2.50. The number of carboxylic acids is 1. The first-order valence-electron chi connectivity index (χ1n) is 4.64. The normalized spacial score (nSPS) is 26.3. The van der Waals surface area contributed by atoms with E-state index in [9.17, 15) is 4.79 Å². The summed E-state index contributed by atoms with van der Waals surface area (Å²) in [7, 11) is 0. The van der Waals surface area contributed by atoms with Crippen LogP contribution in [0.25, 0.3) is 0 Å². The molecule has 3 nitrogen and oxygen atoms in total. The number of hydrogen-bond acceptors (Lipinski definition) is 2. The van der Waals surface area contributed by atoms with Crippen LogP contribution in [0.1, 0.15) is 11.5 Å². The third-order valence-electron chi connectivity index (χ3n) is 2.63. The minimum absolute atomic E-state index is 0.00806. The molecule has 0 saturated carbocycles. The Labute approximate surface area is 82.3 Å². The van der Waals surface area contributed by atoms with Crippen molar-refractivity contribution in [3.8, 4) is 0 Å². The summed E-state index contributed by atoms with van der Waals surface area (Å²) in [5.41, 5.74) is 1.05. The van der Waals surface area contributed by atoms with Gasteiger partial charge in [0, 0.05) is 5.92 Å². The maximum absolute atomic E-state index is 10.9. The number of ether oxygens (including phenoxy) is 1. The highest BCUT2D eigenvalue weighted by Gasteiger charge is 2.34. The molecule has 14 heavy (non-hydrogen) atoms. The quantitative estimate of drug-likeness (QED) is 0.772. The predicted molar refractivity (Wildman–Crippen MR) is 51.1 cm³/mol. The molecule has 2 rings (SSSR count). The van der Waals surface area contributed by atoms with Crippen molar-refractivity contribution >= 4 is 5.97 Å². The van der Waals surface area contributed by atoms with E-state index in [1.54, 1.807) is 0 Å². The minimum Gasteiger partial charge on any atom is -0.481 e. The monoisotopic (exact) mass is 192 g/mol. The van der Waals surface area contributed by atoms with E-state index in [1.807, 2.05) is 30.3 Å². The van der Waals surface area contributed by atoms with Gasteiger partial charge in [0.05, 0.1) is 19.1 Å². The predicted octanol–water partition coefficient (Wildman–Crippen LogP) is 1.50. The molecule has 1 aromatic carbocycles. The topological polar surface area (TPSA) is 46.5 Å². The van der Waals surface area contributed by atoms with Gasteiger partial charge in [0.25, 0.3) is 0 Å².